The Balaban J connectivity index is 1.41. The van der Waals surface area contributed by atoms with Crippen molar-refractivity contribution in [2.75, 3.05) is 64.0 Å². The van der Waals surface area contributed by atoms with E-state index in [-0.39, 0.29) is 39.8 Å². The van der Waals surface area contributed by atoms with Crippen molar-refractivity contribution in [2.24, 2.45) is 0 Å². The second-order valence-electron chi connectivity index (χ2n) is 6.78. The normalized spacial score (nSPS) is 17.4. The SMILES string of the molecule is O=C(CSCC(=O)N1CCN(C(=O)c2ccc(F)cc2Cl)CC1)N1CCOCC1. The molecule has 0 aromatic heterocycles. The standard InChI is InChI=1S/C19H23ClFN3O4S/c20-16-11-14(21)1-2-15(16)19(27)24-5-3-22(4-6-24)17(25)12-29-13-18(26)23-7-9-28-10-8-23/h1-2,11H,3-10,12-13H2. The second kappa shape index (κ2) is 10.3. The maximum absolute atomic E-state index is 13.2. The molecule has 2 fully saturated rings. The van der Waals surface area contributed by atoms with E-state index in [9.17, 15) is 18.8 Å². The van der Waals surface area contributed by atoms with Gasteiger partial charge in [0.1, 0.15) is 5.82 Å². The monoisotopic (exact) mass is 443 g/mol. The summed E-state index contributed by atoms with van der Waals surface area (Å²) in [7, 11) is 0. The zero-order chi connectivity index (χ0) is 20.8. The van der Waals surface area contributed by atoms with E-state index in [1.54, 1.807) is 14.7 Å². The van der Waals surface area contributed by atoms with E-state index < -0.39 is 5.82 Å². The van der Waals surface area contributed by atoms with Crippen LogP contribution in [0, 0.1) is 5.82 Å². The van der Waals surface area contributed by atoms with Crippen LogP contribution in [0.25, 0.3) is 0 Å². The quantitative estimate of drug-likeness (QED) is 0.687. The molecule has 158 valence electrons. The number of nitrogens with zero attached hydrogens (tertiary/aromatic N) is 3. The van der Waals surface area contributed by atoms with Crippen molar-refractivity contribution < 1.29 is 23.5 Å². The van der Waals surface area contributed by atoms with Crippen molar-refractivity contribution in [1.82, 2.24) is 14.7 Å². The molecule has 2 aliphatic heterocycles. The van der Waals surface area contributed by atoms with Gasteiger partial charge in [-0.25, -0.2) is 4.39 Å². The minimum atomic E-state index is -0.494. The lowest BCUT2D eigenvalue weighted by atomic mass is 10.1. The number of piperazine rings is 1. The molecule has 0 aliphatic carbocycles. The van der Waals surface area contributed by atoms with Gasteiger partial charge in [0.2, 0.25) is 11.8 Å². The third kappa shape index (κ3) is 5.83. The summed E-state index contributed by atoms with van der Waals surface area (Å²) in [6.07, 6.45) is 0. The van der Waals surface area contributed by atoms with E-state index in [4.69, 9.17) is 16.3 Å². The molecule has 29 heavy (non-hydrogen) atoms. The Morgan fingerprint density at radius 3 is 2.07 bits per heavy atom. The molecule has 0 unspecified atom stereocenters. The highest BCUT2D eigenvalue weighted by atomic mass is 35.5. The Hall–Kier alpha value is -1.84. The summed E-state index contributed by atoms with van der Waals surface area (Å²) in [6.45, 7) is 3.92. The molecule has 0 spiro atoms. The summed E-state index contributed by atoms with van der Waals surface area (Å²) in [5.41, 5.74) is 0.255. The summed E-state index contributed by atoms with van der Waals surface area (Å²) in [4.78, 5) is 42.1. The van der Waals surface area contributed by atoms with Gasteiger partial charge >= 0.3 is 0 Å². The van der Waals surface area contributed by atoms with E-state index in [1.165, 1.54) is 23.9 Å². The maximum Gasteiger partial charge on any atom is 0.255 e. The summed E-state index contributed by atoms with van der Waals surface area (Å²) in [5, 5.41) is 0.0786. The van der Waals surface area contributed by atoms with Crippen LogP contribution in [0.3, 0.4) is 0 Å². The molecule has 2 saturated heterocycles. The Labute approximate surface area is 178 Å². The van der Waals surface area contributed by atoms with E-state index in [0.717, 1.165) is 6.07 Å². The molecular formula is C19H23ClFN3O4S. The van der Waals surface area contributed by atoms with Gasteiger partial charge in [0.25, 0.3) is 5.91 Å². The summed E-state index contributed by atoms with van der Waals surface area (Å²) < 4.78 is 18.4. The topological polar surface area (TPSA) is 70.2 Å². The number of halogens is 2. The van der Waals surface area contributed by atoms with Crippen LogP contribution >= 0.6 is 23.4 Å². The van der Waals surface area contributed by atoms with Gasteiger partial charge in [-0.05, 0) is 18.2 Å². The van der Waals surface area contributed by atoms with Crippen molar-refractivity contribution >= 4 is 41.1 Å². The highest BCUT2D eigenvalue weighted by Crippen LogP contribution is 2.20. The summed E-state index contributed by atoms with van der Waals surface area (Å²) in [6, 6.07) is 3.69. The highest BCUT2D eigenvalue weighted by Gasteiger charge is 2.26. The first kappa shape index (κ1) is 21.9. The molecule has 0 saturated carbocycles. The molecule has 0 N–H and O–H groups in total. The van der Waals surface area contributed by atoms with Gasteiger partial charge in [-0.2, -0.15) is 0 Å². The Morgan fingerprint density at radius 2 is 1.48 bits per heavy atom. The van der Waals surface area contributed by atoms with Crippen LogP contribution in [0.2, 0.25) is 5.02 Å². The molecule has 0 bridgehead atoms. The summed E-state index contributed by atoms with van der Waals surface area (Å²) >= 11 is 7.28. The average Bonchev–Trinajstić information content (AvgIpc) is 2.74. The lowest BCUT2D eigenvalue weighted by Crippen LogP contribution is -2.51. The molecule has 2 aliphatic rings. The number of benzene rings is 1. The van der Waals surface area contributed by atoms with Gasteiger partial charge in [0.15, 0.2) is 0 Å². The number of morpholine rings is 1. The fraction of sp³-hybridized carbons (Fsp3) is 0.526. The smallest absolute Gasteiger partial charge is 0.255 e. The Kier molecular flexibility index (Phi) is 7.74. The molecule has 1 aromatic carbocycles. The third-order valence-electron chi connectivity index (χ3n) is 4.90. The molecule has 0 radical (unpaired) electrons. The minimum absolute atomic E-state index is 0.0256. The van der Waals surface area contributed by atoms with Gasteiger partial charge < -0.3 is 19.4 Å². The number of rotatable bonds is 5. The largest absolute Gasteiger partial charge is 0.378 e. The molecule has 0 atom stereocenters. The fourth-order valence-electron chi connectivity index (χ4n) is 3.21. The first-order valence-corrected chi connectivity index (χ1v) is 10.9. The van der Waals surface area contributed by atoms with E-state index >= 15 is 0 Å². The fourth-order valence-corrected chi connectivity index (χ4v) is 4.28. The van der Waals surface area contributed by atoms with Crippen LogP contribution in [-0.4, -0.2) is 96.4 Å². The molecular weight excluding hydrogens is 421 g/mol. The molecule has 7 nitrogen and oxygen atoms in total. The van der Waals surface area contributed by atoms with Crippen LogP contribution in [0.5, 0.6) is 0 Å². The first-order chi connectivity index (χ1) is 14.0. The Morgan fingerprint density at radius 1 is 0.931 bits per heavy atom. The molecule has 3 amide bonds. The average molecular weight is 444 g/mol. The molecule has 2 heterocycles. The zero-order valence-electron chi connectivity index (χ0n) is 15.9. The summed E-state index contributed by atoms with van der Waals surface area (Å²) in [5.74, 6) is -0.283. The second-order valence-corrected chi connectivity index (χ2v) is 8.18. The van der Waals surface area contributed by atoms with Crippen molar-refractivity contribution in [3.05, 3.63) is 34.6 Å². The number of amides is 3. The number of thioether (sulfide) groups is 1. The van der Waals surface area contributed by atoms with Crippen LogP contribution in [0.15, 0.2) is 18.2 Å². The van der Waals surface area contributed by atoms with Gasteiger partial charge in [0.05, 0.1) is 35.3 Å². The number of carbonyl (C=O) groups excluding carboxylic acids is 3. The number of hydrogen-bond donors (Lipinski definition) is 0. The van der Waals surface area contributed by atoms with E-state index in [2.05, 4.69) is 0 Å². The van der Waals surface area contributed by atoms with Gasteiger partial charge in [-0.1, -0.05) is 11.6 Å². The molecule has 3 rings (SSSR count). The first-order valence-electron chi connectivity index (χ1n) is 9.41. The number of hydrogen-bond acceptors (Lipinski definition) is 5. The van der Waals surface area contributed by atoms with Crippen LogP contribution in [0.1, 0.15) is 10.4 Å². The van der Waals surface area contributed by atoms with Crippen LogP contribution in [0.4, 0.5) is 4.39 Å². The van der Waals surface area contributed by atoms with Crippen LogP contribution in [-0.2, 0) is 14.3 Å². The predicted octanol–water partition coefficient (Wildman–Crippen LogP) is 1.36. The Bertz CT molecular complexity index is 768. The number of carbonyl (C=O) groups is 3. The van der Waals surface area contributed by atoms with Crippen molar-refractivity contribution in [3.63, 3.8) is 0 Å². The van der Waals surface area contributed by atoms with Gasteiger partial charge in [-0.3, -0.25) is 14.4 Å². The van der Waals surface area contributed by atoms with Crippen molar-refractivity contribution in [2.45, 2.75) is 0 Å². The van der Waals surface area contributed by atoms with E-state index in [1.807, 2.05) is 0 Å². The lowest BCUT2D eigenvalue weighted by Gasteiger charge is -2.35. The highest BCUT2D eigenvalue weighted by molar-refractivity contribution is 8.00. The van der Waals surface area contributed by atoms with Gasteiger partial charge in [0, 0.05) is 39.3 Å². The van der Waals surface area contributed by atoms with E-state index in [0.29, 0.717) is 52.5 Å². The van der Waals surface area contributed by atoms with Crippen molar-refractivity contribution in [3.8, 4) is 0 Å². The van der Waals surface area contributed by atoms with Gasteiger partial charge in [-0.15, -0.1) is 11.8 Å². The minimum Gasteiger partial charge on any atom is -0.378 e. The lowest BCUT2D eigenvalue weighted by molar-refractivity contribution is -0.132. The molecule has 10 heteroatoms. The third-order valence-corrected chi connectivity index (χ3v) is 6.11. The van der Waals surface area contributed by atoms with Crippen molar-refractivity contribution in [1.29, 1.82) is 0 Å². The molecule has 1 aromatic rings. The van der Waals surface area contributed by atoms with Crippen LogP contribution < -0.4 is 0 Å². The maximum atomic E-state index is 13.2. The zero-order valence-corrected chi connectivity index (χ0v) is 17.5. The number of ether oxygens (including phenoxy) is 1. The predicted molar refractivity (Wildman–Crippen MR) is 109 cm³/mol.